The first-order valence-electron chi connectivity index (χ1n) is 7.08. The molecule has 0 saturated carbocycles. The Bertz CT molecular complexity index is 829. The summed E-state index contributed by atoms with van der Waals surface area (Å²) >= 11 is 0. The highest BCUT2D eigenvalue weighted by Gasteiger charge is 2.39. The molecule has 0 saturated heterocycles. The van der Waals surface area contributed by atoms with Crippen molar-refractivity contribution in [1.82, 2.24) is 0 Å². The van der Waals surface area contributed by atoms with E-state index in [2.05, 4.69) is 0 Å². The molecule has 0 aromatic heterocycles. The van der Waals surface area contributed by atoms with E-state index in [9.17, 15) is 22.8 Å². The lowest BCUT2D eigenvalue weighted by Crippen LogP contribution is -2.41. The monoisotopic (exact) mass is 334 g/mol. The number of carbonyl (C=O) groups is 2. The summed E-state index contributed by atoms with van der Waals surface area (Å²) in [6.45, 7) is 0. The van der Waals surface area contributed by atoms with Crippen molar-refractivity contribution in [3.05, 3.63) is 59.2 Å². The summed E-state index contributed by atoms with van der Waals surface area (Å²) in [6, 6.07) is 8.67. The summed E-state index contributed by atoms with van der Waals surface area (Å²) in [6.07, 6.45) is -4.48. The minimum atomic E-state index is -4.48. The fraction of sp³-hybridized carbons (Fsp3) is 0.176. The number of anilines is 2. The van der Waals surface area contributed by atoms with Crippen LogP contribution in [0.25, 0.3) is 0 Å². The summed E-state index contributed by atoms with van der Waals surface area (Å²) in [5.74, 6) is -2.14. The summed E-state index contributed by atoms with van der Waals surface area (Å²) in [7, 11) is 1.51. The standard InChI is InChI=1S/C17H13F3N2O2/c1-22-13-7-6-11(21)8-12(13)15(23)14(16(22)24)9-2-4-10(5-3-9)17(18,19)20/h2-8,14H,21H2,1H3. The maximum absolute atomic E-state index is 12.7. The van der Waals surface area contributed by atoms with Crippen molar-refractivity contribution < 1.29 is 22.8 Å². The Labute approximate surface area is 135 Å². The number of alkyl halides is 3. The maximum atomic E-state index is 12.7. The van der Waals surface area contributed by atoms with Gasteiger partial charge in [-0.3, -0.25) is 9.59 Å². The van der Waals surface area contributed by atoms with Crippen molar-refractivity contribution in [2.75, 3.05) is 17.7 Å². The second-order valence-corrected chi connectivity index (χ2v) is 5.59. The van der Waals surface area contributed by atoms with E-state index in [4.69, 9.17) is 5.73 Å². The van der Waals surface area contributed by atoms with Crippen LogP contribution in [0.4, 0.5) is 24.5 Å². The van der Waals surface area contributed by atoms with Gasteiger partial charge in [-0.05, 0) is 35.9 Å². The van der Waals surface area contributed by atoms with E-state index in [0.29, 0.717) is 11.4 Å². The van der Waals surface area contributed by atoms with Crippen LogP contribution in [0, 0.1) is 0 Å². The highest BCUT2D eigenvalue weighted by Crippen LogP contribution is 2.37. The van der Waals surface area contributed by atoms with Gasteiger partial charge < -0.3 is 10.6 Å². The predicted octanol–water partition coefficient (Wildman–Crippen LogP) is 3.23. The Morgan fingerprint density at radius 3 is 2.25 bits per heavy atom. The van der Waals surface area contributed by atoms with E-state index in [1.54, 1.807) is 12.1 Å². The zero-order valence-corrected chi connectivity index (χ0v) is 12.6. The van der Waals surface area contributed by atoms with Crippen molar-refractivity contribution in [2.24, 2.45) is 0 Å². The van der Waals surface area contributed by atoms with Gasteiger partial charge in [-0.2, -0.15) is 13.2 Å². The predicted molar refractivity (Wildman–Crippen MR) is 82.8 cm³/mol. The van der Waals surface area contributed by atoms with Crippen molar-refractivity contribution in [3.8, 4) is 0 Å². The van der Waals surface area contributed by atoms with E-state index in [0.717, 1.165) is 24.3 Å². The van der Waals surface area contributed by atoms with Gasteiger partial charge in [-0.25, -0.2) is 0 Å². The van der Waals surface area contributed by atoms with Crippen LogP contribution in [0.5, 0.6) is 0 Å². The molecule has 3 rings (SSSR count). The highest BCUT2D eigenvalue weighted by molar-refractivity contribution is 6.25. The third-order valence-electron chi connectivity index (χ3n) is 4.06. The molecule has 1 aliphatic heterocycles. The van der Waals surface area contributed by atoms with Crippen LogP contribution < -0.4 is 10.6 Å². The normalized spacial score (nSPS) is 17.8. The number of Topliss-reactive ketones (excluding diaryl/α,β-unsaturated/α-hetero) is 1. The second kappa shape index (κ2) is 5.36. The summed E-state index contributed by atoms with van der Waals surface area (Å²) < 4.78 is 38.0. The quantitative estimate of drug-likeness (QED) is 0.643. The van der Waals surface area contributed by atoms with Gasteiger partial charge in [-0.1, -0.05) is 12.1 Å². The fourth-order valence-corrected chi connectivity index (χ4v) is 2.78. The van der Waals surface area contributed by atoms with Crippen LogP contribution in [0.3, 0.4) is 0 Å². The summed E-state index contributed by atoms with van der Waals surface area (Å²) in [4.78, 5) is 26.5. The number of nitrogens with two attached hydrogens (primary N) is 1. The second-order valence-electron chi connectivity index (χ2n) is 5.59. The van der Waals surface area contributed by atoms with Gasteiger partial charge in [0, 0.05) is 18.3 Å². The molecule has 1 amide bonds. The molecule has 1 heterocycles. The number of carbonyl (C=O) groups excluding carboxylic acids is 2. The molecule has 124 valence electrons. The topological polar surface area (TPSA) is 63.4 Å². The lowest BCUT2D eigenvalue weighted by Gasteiger charge is -2.31. The van der Waals surface area contributed by atoms with E-state index in [1.165, 1.54) is 18.0 Å². The highest BCUT2D eigenvalue weighted by atomic mass is 19.4. The van der Waals surface area contributed by atoms with Crippen molar-refractivity contribution in [1.29, 1.82) is 0 Å². The van der Waals surface area contributed by atoms with Crippen LogP contribution in [0.15, 0.2) is 42.5 Å². The molecule has 0 spiro atoms. The van der Waals surface area contributed by atoms with E-state index < -0.39 is 29.3 Å². The number of ketones is 1. The molecule has 2 aromatic carbocycles. The summed E-state index contributed by atoms with van der Waals surface area (Å²) in [5, 5.41) is 0. The number of hydrogen-bond acceptors (Lipinski definition) is 3. The van der Waals surface area contributed by atoms with Crippen LogP contribution in [0.1, 0.15) is 27.4 Å². The van der Waals surface area contributed by atoms with Crippen molar-refractivity contribution >= 4 is 23.1 Å². The smallest absolute Gasteiger partial charge is 0.399 e. The Hall–Kier alpha value is -2.83. The molecule has 1 aliphatic rings. The lowest BCUT2D eigenvalue weighted by molar-refractivity contribution is -0.137. The largest absolute Gasteiger partial charge is 0.416 e. The number of hydrogen-bond donors (Lipinski definition) is 1. The minimum absolute atomic E-state index is 0.220. The molecular weight excluding hydrogens is 321 g/mol. The molecular formula is C17H13F3N2O2. The third kappa shape index (κ3) is 2.51. The first-order chi connectivity index (χ1) is 11.2. The third-order valence-corrected chi connectivity index (χ3v) is 4.06. The van der Waals surface area contributed by atoms with Gasteiger partial charge in [0.1, 0.15) is 5.92 Å². The van der Waals surface area contributed by atoms with Gasteiger partial charge in [0.2, 0.25) is 5.91 Å². The molecule has 0 radical (unpaired) electrons. The van der Waals surface area contributed by atoms with Crippen molar-refractivity contribution in [3.63, 3.8) is 0 Å². The van der Waals surface area contributed by atoms with Crippen LogP contribution in [0.2, 0.25) is 0 Å². The Kier molecular flexibility index (Phi) is 3.59. The number of rotatable bonds is 1. The molecule has 7 heteroatoms. The fourth-order valence-electron chi connectivity index (χ4n) is 2.78. The molecule has 0 fully saturated rings. The molecule has 2 aromatic rings. The van der Waals surface area contributed by atoms with E-state index in [1.807, 2.05) is 0 Å². The average Bonchev–Trinajstić information content (AvgIpc) is 2.52. The van der Waals surface area contributed by atoms with Crippen LogP contribution in [-0.2, 0) is 11.0 Å². The minimum Gasteiger partial charge on any atom is -0.399 e. The average molecular weight is 334 g/mol. The first kappa shape index (κ1) is 16.0. The first-order valence-corrected chi connectivity index (χ1v) is 7.08. The maximum Gasteiger partial charge on any atom is 0.416 e. The van der Waals surface area contributed by atoms with Gasteiger partial charge >= 0.3 is 6.18 Å². The Morgan fingerprint density at radius 2 is 1.67 bits per heavy atom. The molecule has 4 nitrogen and oxygen atoms in total. The van der Waals surface area contributed by atoms with Crippen LogP contribution in [-0.4, -0.2) is 18.7 Å². The van der Waals surface area contributed by atoms with Gasteiger partial charge in [0.25, 0.3) is 0 Å². The van der Waals surface area contributed by atoms with Gasteiger partial charge in [0.15, 0.2) is 5.78 Å². The molecule has 1 atom stereocenters. The number of fused-ring (bicyclic) bond motifs is 1. The number of benzene rings is 2. The molecule has 2 N–H and O–H groups in total. The zero-order chi connectivity index (χ0) is 17.6. The summed E-state index contributed by atoms with van der Waals surface area (Å²) in [5.41, 5.74) is 6.17. The lowest BCUT2D eigenvalue weighted by atomic mass is 9.85. The Morgan fingerprint density at radius 1 is 1.04 bits per heavy atom. The van der Waals surface area contributed by atoms with Gasteiger partial charge in [-0.15, -0.1) is 0 Å². The van der Waals surface area contributed by atoms with Crippen LogP contribution >= 0.6 is 0 Å². The number of halogens is 3. The van der Waals surface area contributed by atoms with E-state index in [-0.39, 0.29) is 11.1 Å². The van der Waals surface area contributed by atoms with E-state index >= 15 is 0 Å². The van der Waals surface area contributed by atoms with Crippen molar-refractivity contribution in [2.45, 2.75) is 12.1 Å². The van der Waals surface area contributed by atoms with Gasteiger partial charge in [0.05, 0.1) is 11.3 Å². The Balaban J connectivity index is 2.05. The number of likely N-dealkylation sites (N-methyl/N-ethyl adjacent to an activating group) is 1. The number of nitrogens with zero attached hydrogens (tertiary/aromatic N) is 1. The number of nitrogen functional groups attached to an aromatic ring is 1. The number of amides is 1. The molecule has 1 unspecified atom stereocenters. The SMILES string of the molecule is CN1C(=O)C(c2ccc(C(F)(F)F)cc2)C(=O)c2cc(N)ccc21. The molecule has 24 heavy (non-hydrogen) atoms. The molecule has 0 aliphatic carbocycles. The molecule has 0 bridgehead atoms. The zero-order valence-electron chi connectivity index (χ0n) is 12.6.